The third-order valence-electron chi connectivity index (χ3n) is 3.32. The summed E-state index contributed by atoms with van der Waals surface area (Å²) in [6.45, 7) is 3.76. The zero-order valence-corrected chi connectivity index (χ0v) is 13.4. The number of piperidine rings is 1. The molecule has 0 radical (unpaired) electrons. The minimum atomic E-state index is -0.107. The molecule has 2 N–H and O–H groups in total. The molecule has 0 aliphatic carbocycles. The van der Waals surface area contributed by atoms with E-state index in [1.807, 2.05) is 19.1 Å². The van der Waals surface area contributed by atoms with Crippen molar-refractivity contribution in [1.82, 2.24) is 15.6 Å². The Morgan fingerprint density at radius 1 is 1.52 bits per heavy atom. The Morgan fingerprint density at radius 2 is 2.38 bits per heavy atom. The Kier molecular flexibility index (Phi) is 5.39. The highest BCUT2D eigenvalue weighted by atomic mass is 35.5. The van der Waals surface area contributed by atoms with Crippen LogP contribution in [0.4, 0.5) is 0 Å². The number of hydrogen-bond donors (Lipinski definition) is 2. The smallest absolute Gasteiger partial charge is 0.271 e. The lowest BCUT2D eigenvalue weighted by Gasteiger charge is -2.23. The predicted octanol–water partition coefficient (Wildman–Crippen LogP) is 2.62. The second kappa shape index (κ2) is 7.06. The van der Waals surface area contributed by atoms with E-state index >= 15 is 0 Å². The van der Waals surface area contributed by atoms with Crippen molar-refractivity contribution in [3.8, 4) is 10.8 Å². The van der Waals surface area contributed by atoms with Crippen LogP contribution < -0.4 is 10.6 Å². The van der Waals surface area contributed by atoms with Gasteiger partial charge in [0.1, 0.15) is 11.5 Å². The van der Waals surface area contributed by atoms with Gasteiger partial charge in [0.15, 0.2) is 10.8 Å². The van der Waals surface area contributed by atoms with Crippen molar-refractivity contribution in [2.24, 2.45) is 0 Å². The lowest BCUT2D eigenvalue weighted by Crippen LogP contribution is -2.45. The van der Waals surface area contributed by atoms with Gasteiger partial charge in [-0.2, -0.15) is 0 Å². The number of carbonyl (C=O) groups excluding carboxylic acids is 1. The third kappa shape index (κ3) is 3.84. The first-order chi connectivity index (χ1) is 9.72. The van der Waals surface area contributed by atoms with E-state index in [1.165, 1.54) is 11.3 Å². The Morgan fingerprint density at radius 3 is 3.05 bits per heavy atom. The maximum absolute atomic E-state index is 12.1. The van der Waals surface area contributed by atoms with E-state index < -0.39 is 0 Å². The highest BCUT2D eigenvalue weighted by Crippen LogP contribution is 2.25. The molecule has 2 aromatic rings. The average molecular weight is 328 g/mol. The fraction of sp³-hybridized carbons (Fsp3) is 0.429. The second-order valence-electron chi connectivity index (χ2n) is 4.96. The predicted molar refractivity (Wildman–Crippen MR) is 85.2 cm³/mol. The SMILES string of the molecule is Cc1ccc(-c2nc(C(=O)NC3CCCNC3)cs2)o1.Cl. The summed E-state index contributed by atoms with van der Waals surface area (Å²) in [5, 5.41) is 8.81. The molecule has 3 heterocycles. The monoisotopic (exact) mass is 327 g/mol. The van der Waals surface area contributed by atoms with Crippen molar-refractivity contribution in [1.29, 1.82) is 0 Å². The Labute approximate surface area is 133 Å². The highest BCUT2D eigenvalue weighted by Gasteiger charge is 2.19. The topological polar surface area (TPSA) is 67.2 Å². The second-order valence-corrected chi connectivity index (χ2v) is 5.82. The number of nitrogens with one attached hydrogen (secondary N) is 2. The summed E-state index contributed by atoms with van der Waals surface area (Å²) in [5.74, 6) is 1.45. The molecule has 1 saturated heterocycles. The zero-order valence-electron chi connectivity index (χ0n) is 11.7. The quantitative estimate of drug-likeness (QED) is 0.909. The van der Waals surface area contributed by atoms with E-state index in [1.54, 1.807) is 5.38 Å². The van der Waals surface area contributed by atoms with E-state index in [4.69, 9.17) is 4.42 Å². The molecule has 0 bridgehead atoms. The zero-order chi connectivity index (χ0) is 13.9. The number of furan rings is 1. The molecule has 1 amide bonds. The summed E-state index contributed by atoms with van der Waals surface area (Å²) in [5.41, 5.74) is 0.463. The molecule has 5 nitrogen and oxygen atoms in total. The van der Waals surface area contributed by atoms with Crippen LogP contribution >= 0.6 is 23.7 Å². The fourth-order valence-corrected chi connectivity index (χ4v) is 3.03. The van der Waals surface area contributed by atoms with E-state index in [0.29, 0.717) is 11.5 Å². The summed E-state index contributed by atoms with van der Waals surface area (Å²) in [6, 6.07) is 3.97. The van der Waals surface area contributed by atoms with Gasteiger partial charge in [-0.15, -0.1) is 23.7 Å². The maximum atomic E-state index is 12.1. The summed E-state index contributed by atoms with van der Waals surface area (Å²) in [7, 11) is 0. The first kappa shape index (κ1) is 16.0. The molecule has 2 aromatic heterocycles. The Balaban J connectivity index is 0.00000161. The van der Waals surface area contributed by atoms with Crippen molar-refractivity contribution in [2.75, 3.05) is 13.1 Å². The molecule has 1 aliphatic rings. The standard InChI is InChI=1S/C14H17N3O2S.ClH/c1-9-4-5-12(19-9)14-17-11(8-20-14)13(18)16-10-3-2-6-15-7-10;/h4-5,8,10,15H,2-3,6-7H2,1H3,(H,16,18);1H. The molecule has 114 valence electrons. The van der Waals surface area contributed by atoms with E-state index in [0.717, 1.165) is 36.7 Å². The molecule has 0 aromatic carbocycles. The number of halogens is 1. The molecule has 1 fully saturated rings. The van der Waals surface area contributed by atoms with Crippen LogP contribution in [0.1, 0.15) is 29.1 Å². The summed E-state index contributed by atoms with van der Waals surface area (Å²) < 4.78 is 5.52. The summed E-state index contributed by atoms with van der Waals surface area (Å²) in [4.78, 5) is 16.5. The Hall–Kier alpha value is -1.37. The minimum absolute atomic E-state index is 0. The first-order valence-corrected chi connectivity index (χ1v) is 7.64. The molecule has 7 heteroatoms. The highest BCUT2D eigenvalue weighted by molar-refractivity contribution is 7.13. The van der Waals surface area contributed by atoms with E-state index in [2.05, 4.69) is 15.6 Å². The largest absolute Gasteiger partial charge is 0.459 e. The van der Waals surface area contributed by atoms with Crippen LogP contribution in [0.25, 0.3) is 10.8 Å². The van der Waals surface area contributed by atoms with Crippen molar-refractivity contribution in [3.05, 3.63) is 29.0 Å². The average Bonchev–Trinajstić information content (AvgIpc) is 3.08. The van der Waals surface area contributed by atoms with Gasteiger partial charge in [0.2, 0.25) is 0 Å². The number of rotatable bonds is 3. The molecule has 1 atom stereocenters. The van der Waals surface area contributed by atoms with Crippen LogP contribution in [0.2, 0.25) is 0 Å². The van der Waals surface area contributed by atoms with Crippen LogP contribution in [0.5, 0.6) is 0 Å². The van der Waals surface area contributed by atoms with Gasteiger partial charge < -0.3 is 15.1 Å². The van der Waals surface area contributed by atoms with Crippen LogP contribution in [0, 0.1) is 6.92 Å². The minimum Gasteiger partial charge on any atom is -0.459 e. The van der Waals surface area contributed by atoms with Gasteiger partial charge in [0.25, 0.3) is 5.91 Å². The molecule has 1 unspecified atom stereocenters. The number of nitrogens with zero attached hydrogens (tertiary/aromatic N) is 1. The van der Waals surface area contributed by atoms with Gasteiger partial charge in [0, 0.05) is 18.0 Å². The van der Waals surface area contributed by atoms with Gasteiger partial charge in [0.05, 0.1) is 0 Å². The normalized spacial score (nSPS) is 18.0. The third-order valence-corrected chi connectivity index (χ3v) is 4.18. The van der Waals surface area contributed by atoms with Crippen LogP contribution in [0.3, 0.4) is 0 Å². The lowest BCUT2D eigenvalue weighted by molar-refractivity contribution is 0.0926. The molecular weight excluding hydrogens is 310 g/mol. The fourth-order valence-electron chi connectivity index (χ4n) is 2.28. The maximum Gasteiger partial charge on any atom is 0.271 e. The van der Waals surface area contributed by atoms with Crippen molar-refractivity contribution >= 4 is 29.7 Å². The van der Waals surface area contributed by atoms with E-state index in [9.17, 15) is 4.79 Å². The van der Waals surface area contributed by atoms with Gasteiger partial charge in [-0.05, 0) is 38.4 Å². The van der Waals surface area contributed by atoms with Crippen molar-refractivity contribution < 1.29 is 9.21 Å². The molecule has 0 spiro atoms. The number of aryl methyl sites for hydroxylation is 1. The molecular formula is C14H18ClN3O2S. The number of amides is 1. The molecule has 0 saturated carbocycles. The number of aromatic nitrogens is 1. The van der Waals surface area contributed by atoms with Crippen LogP contribution in [-0.4, -0.2) is 30.0 Å². The summed E-state index contributed by atoms with van der Waals surface area (Å²) >= 11 is 1.43. The lowest BCUT2D eigenvalue weighted by atomic mass is 10.1. The number of carbonyl (C=O) groups is 1. The van der Waals surface area contributed by atoms with Gasteiger partial charge in [-0.1, -0.05) is 0 Å². The molecule has 21 heavy (non-hydrogen) atoms. The van der Waals surface area contributed by atoms with Gasteiger partial charge >= 0.3 is 0 Å². The number of hydrogen-bond acceptors (Lipinski definition) is 5. The first-order valence-electron chi connectivity index (χ1n) is 6.76. The van der Waals surface area contributed by atoms with E-state index in [-0.39, 0.29) is 24.4 Å². The Bertz CT molecular complexity index is 605. The van der Waals surface area contributed by atoms with Crippen LogP contribution in [-0.2, 0) is 0 Å². The van der Waals surface area contributed by atoms with Gasteiger partial charge in [-0.25, -0.2) is 4.98 Å². The van der Waals surface area contributed by atoms with Crippen molar-refractivity contribution in [2.45, 2.75) is 25.8 Å². The molecule has 3 rings (SSSR count). The molecule has 1 aliphatic heterocycles. The van der Waals surface area contributed by atoms with Crippen molar-refractivity contribution in [3.63, 3.8) is 0 Å². The van der Waals surface area contributed by atoms with Crippen LogP contribution in [0.15, 0.2) is 21.9 Å². The number of thiazole rings is 1. The summed E-state index contributed by atoms with van der Waals surface area (Å²) in [6.07, 6.45) is 2.12. The van der Waals surface area contributed by atoms with Gasteiger partial charge in [-0.3, -0.25) is 4.79 Å².